The molecule has 2 amide bonds. The largest absolute Gasteiger partial charge is 0.534 e. The van der Waals surface area contributed by atoms with Crippen LogP contribution in [0.15, 0.2) is 102 Å². The van der Waals surface area contributed by atoms with Crippen molar-refractivity contribution in [2.45, 2.75) is 36.5 Å². The quantitative estimate of drug-likeness (QED) is 0.154. The average molecular weight is 631 g/mol. The van der Waals surface area contributed by atoms with Gasteiger partial charge in [0.1, 0.15) is 11.8 Å². The number of nitrogens with zero attached hydrogens (tertiary/aromatic N) is 1. The fourth-order valence-corrected chi connectivity index (χ4v) is 5.43. The van der Waals surface area contributed by atoms with Crippen molar-refractivity contribution in [3.8, 4) is 5.75 Å². The lowest BCUT2D eigenvalue weighted by atomic mass is 9.85. The van der Waals surface area contributed by atoms with Gasteiger partial charge in [-0.3, -0.25) is 14.5 Å². The third-order valence-corrected chi connectivity index (χ3v) is 7.93. The smallest absolute Gasteiger partial charge is 0.484 e. The molecular formula is C30H25F3N2O8S. The van der Waals surface area contributed by atoms with Gasteiger partial charge in [-0.05, 0) is 29.7 Å². The van der Waals surface area contributed by atoms with Crippen LogP contribution in [0.4, 0.5) is 13.2 Å². The number of fused-ring (bicyclic) bond motifs is 1. The second-order valence-electron chi connectivity index (χ2n) is 9.82. The lowest BCUT2D eigenvalue weighted by Gasteiger charge is -2.49. The first-order valence-corrected chi connectivity index (χ1v) is 14.7. The maximum Gasteiger partial charge on any atom is 0.534 e. The highest BCUT2D eigenvalue weighted by atomic mass is 32.2. The molecule has 0 saturated carbocycles. The predicted octanol–water partition coefficient (Wildman–Crippen LogP) is 3.97. The first kappa shape index (κ1) is 30.6. The van der Waals surface area contributed by atoms with Crippen molar-refractivity contribution in [2.24, 2.45) is 0 Å². The fourth-order valence-electron chi connectivity index (χ4n) is 4.91. The molecule has 10 nitrogen and oxygen atoms in total. The number of β-lactam (4-membered cyclic amide) rings is 1. The van der Waals surface area contributed by atoms with E-state index in [1.54, 1.807) is 91.0 Å². The minimum absolute atomic E-state index is 0.115. The number of hydrogen-bond donors (Lipinski definition) is 1. The highest BCUT2D eigenvalue weighted by molar-refractivity contribution is 7.87. The molecule has 14 heteroatoms. The highest BCUT2D eigenvalue weighted by Crippen LogP contribution is 2.41. The number of allylic oxidation sites excluding steroid dienone is 1. The Bertz CT molecular complexity index is 1630. The summed E-state index contributed by atoms with van der Waals surface area (Å²) >= 11 is 0. The van der Waals surface area contributed by atoms with E-state index in [1.165, 1.54) is 0 Å². The zero-order valence-corrected chi connectivity index (χ0v) is 23.6. The van der Waals surface area contributed by atoms with Gasteiger partial charge < -0.3 is 19.0 Å². The van der Waals surface area contributed by atoms with E-state index in [4.69, 9.17) is 9.47 Å². The molecular weight excluding hydrogens is 605 g/mol. The Morgan fingerprint density at radius 3 is 2.00 bits per heavy atom. The summed E-state index contributed by atoms with van der Waals surface area (Å²) in [6.45, 7) is -0.431. The van der Waals surface area contributed by atoms with E-state index in [0.29, 0.717) is 16.9 Å². The third-order valence-electron chi connectivity index (χ3n) is 6.94. The van der Waals surface area contributed by atoms with Crippen LogP contribution in [0.1, 0.15) is 30.1 Å². The van der Waals surface area contributed by atoms with Gasteiger partial charge >= 0.3 is 21.6 Å². The standard InChI is InChI=1S/C30H25F3N2O8S/c31-30(32,33)44(39,40)43-23-17-16-22-25(34-24(36)18-41-21-14-8-3-9-15-21)28(37)35(22)26(23)29(38)42-27(19-10-4-1-5-11-19)20-12-6-2-7-13-20/h1-15,22,25,27H,16-18H2,(H,34,36)/t22-,25+/m1/s1. The summed E-state index contributed by atoms with van der Waals surface area (Å²) in [6.07, 6.45) is -1.65. The van der Waals surface area contributed by atoms with E-state index in [1.807, 2.05) is 0 Å². The van der Waals surface area contributed by atoms with Gasteiger partial charge in [-0.1, -0.05) is 78.9 Å². The van der Waals surface area contributed by atoms with Gasteiger partial charge in [0, 0.05) is 6.42 Å². The van der Waals surface area contributed by atoms with Gasteiger partial charge in [-0.2, -0.15) is 21.6 Å². The van der Waals surface area contributed by atoms with Gasteiger partial charge in [0.15, 0.2) is 24.2 Å². The highest BCUT2D eigenvalue weighted by Gasteiger charge is 2.56. The summed E-state index contributed by atoms with van der Waals surface area (Å²) in [5, 5.41) is 2.51. The number of esters is 1. The summed E-state index contributed by atoms with van der Waals surface area (Å²) in [4.78, 5) is 40.3. The number of carbonyl (C=O) groups excluding carboxylic acids is 3. The molecule has 5 rings (SSSR count). The molecule has 0 aromatic heterocycles. The van der Waals surface area contributed by atoms with E-state index >= 15 is 0 Å². The number of ether oxygens (including phenoxy) is 2. The Morgan fingerprint density at radius 2 is 1.45 bits per heavy atom. The average Bonchev–Trinajstić information content (AvgIpc) is 3.01. The summed E-state index contributed by atoms with van der Waals surface area (Å²) in [7, 11) is -6.19. The lowest BCUT2D eigenvalue weighted by molar-refractivity contribution is -0.160. The summed E-state index contributed by atoms with van der Waals surface area (Å²) < 4.78 is 79.1. The number of para-hydroxylation sites is 1. The van der Waals surface area contributed by atoms with Crippen LogP contribution in [-0.4, -0.2) is 55.3 Å². The number of rotatable bonds is 10. The Morgan fingerprint density at radius 1 is 0.909 bits per heavy atom. The van der Waals surface area contributed by atoms with Crippen LogP contribution < -0.4 is 10.1 Å². The van der Waals surface area contributed by atoms with Gasteiger partial charge in [0.25, 0.3) is 11.8 Å². The Kier molecular flexibility index (Phi) is 8.63. The van der Waals surface area contributed by atoms with E-state index < -0.39 is 76.1 Å². The van der Waals surface area contributed by atoms with Crippen molar-refractivity contribution in [1.82, 2.24) is 10.2 Å². The molecule has 3 aromatic carbocycles. The zero-order chi connectivity index (χ0) is 31.5. The molecule has 2 aliphatic heterocycles. The molecule has 1 saturated heterocycles. The molecule has 2 aliphatic rings. The van der Waals surface area contributed by atoms with E-state index in [-0.39, 0.29) is 6.42 Å². The van der Waals surface area contributed by atoms with Gasteiger partial charge in [0.05, 0.1) is 6.04 Å². The van der Waals surface area contributed by atoms with Crippen LogP contribution in [0.5, 0.6) is 5.75 Å². The minimum atomic E-state index is -6.19. The predicted molar refractivity (Wildman–Crippen MR) is 148 cm³/mol. The fraction of sp³-hybridized carbons (Fsp3) is 0.233. The summed E-state index contributed by atoms with van der Waals surface area (Å²) in [6, 6.07) is 23.2. The topological polar surface area (TPSA) is 128 Å². The van der Waals surface area contributed by atoms with Gasteiger partial charge in [-0.25, -0.2) is 4.79 Å². The molecule has 0 bridgehead atoms. The number of halogens is 3. The summed E-state index contributed by atoms with van der Waals surface area (Å²) in [5.74, 6) is -3.29. The molecule has 0 spiro atoms. The maximum absolute atomic E-state index is 13.7. The Balaban J connectivity index is 1.42. The van der Waals surface area contributed by atoms with Crippen molar-refractivity contribution in [3.05, 3.63) is 114 Å². The number of nitrogens with one attached hydrogen (secondary N) is 1. The Hall–Kier alpha value is -4.85. The van der Waals surface area contributed by atoms with Crippen LogP contribution in [0.2, 0.25) is 0 Å². The van der Waals surface area contributed by atoms with Crippen LogP contribution in [0, 0.1) is 0 Å². The van der Waals surface area contributed by atoms with Crippen molar-refractivity contribution in [2.75, 3.05) is 6.61 Å². The zero-order valence-electron chi connectivity index (χ0n) is 22.8. The lowest BCUT2D eigenvalue weighted by Crippen LogP contribution is -2.72. The minimum Gasteiger partial charge on any atom is -0.484 e. The summed E-state index contributed by atoms with van der Waals surface area (Å²) in [5.41, 5.74) is -5.58. The SMILES string of the molecule is O=C(COc1ccccc1)N[C@@H]1C(=O)N2C(C(=O)OC(c3ccccc3)c3ccccc3)=C(OS(=O)(=O)C(F)(F)F)CC[C@H]12. The molecule has 3 aromatic rings. The number of hydrogen-bond acceptors (Lipinski definition) is 8. The molecule has 1 fully saturated rings. The van der Waals surface area contributed by atoms with Crippen molar-refractivity contribution in [1.29, 1.82) is 0 Å². The number of alkyl halides is 3. The van der Waals surface area contributed by atoms with E-state index in [2.05, 4.69) is 9.50 Å². The first-order valence-electron chi connectivity index (χ1n) is 13.3. The number of benzene rings is 3. The third kappa shape index (κ3) is 6.39. The van der Waals surface area contributed by atoms with Crippen molar-refractivity contribution >= 4 is 27.9 Å². The number of carbonyl (C=O) groups is 3. The van der Waals surface area contributed by atoms with Gasteiger partial charge in [0.2, 0.25) is 0 Å². The molecule has 0 unspecified atom stereocenters. The normalized spacial score (nSPS) is 18.3. The second kappa shape index (κ2) is 12.4. The van der Waals surface area contributed by atoms with E-state index in [0.717, 1.165) is 4.90 Å². The molecule has 44 heavy (non-hydrogen) atoms. The Labute approximate surface area is 250 Å². The molecule has 0 aliphatic carbocycles. The van der Waals surface area contributed by atoms with Crippen LogP contribution in [-0.2, 0) is 33.4 Å². The molecule has 1 N–H and O–H groups in total. The van der Waals surface area contributed by atoms with E-state index in [9.17, 15) is 36.0 Å². The molecule has 2 atom stereocenters. The monoisotopic (exact) mass is 630 g/mol. The van der Waals surface area contributed by atoms with Crippen LogP contribution in [0.3, 0.4) is 0 Å². The molecule has 2 heterocycles. The van der Waals surface area contributed by atoms with Crippen LogP contribution in [0.25, 0.3) is 0 Å². The second-order valence-corrected chi connectivity index (χ2v) is 11.4. The van der Waals surface area contributed by atoms with Gasteiger partial charge in [-0.15, -0.1) is 0 Å². The molecule has 0 radical (unpaired) electrons. The maximum atomic E-state index is 13.7. The van der Waals surface area contributed by atoms with Crippen molar-refractivity contribution < 1.29 is 49.6 Å². The van der Waals surface area contributed by atoms with Crippen LogP contribution >= 0.6 is 0 Å². The first-order chi connectivity index (χ1) is 21.0. The van der Waals surface area contributed by atoms with Crippen molar-refractivity contribution in [3.63, 3.8) is 0 Å². The number of amides is 2. The molecule has 230 valence electrons.